The van der Waals surface area contributed by atoms with Crippen molar-refractivity contribution in [1.29, 1.82) is 0 Å². The predicted octanol–water partition coefficient (Wildman–Crippen LogP) is 3.57. The first-order valence-electron chi connectivity index (χ1n) is 8.77. The normalized spacial score (nSPS) is 13.6. The number of nitrogens with zero attached hydrogens (tertiary/aromatic N) is 2. The summed E-state index contributed by atoms with van der Waals surface area (Å²) < 4.78 is 27.6. The molecule has 0 fully saturated rings. The number of rotatable bonds is 3. The summed E-state index contributed by atoms with van der Waals surface area (Å²) in [7, 11) is -2.13. The molecular formula is C21H20N2O3S. The summed E-state index contributed by atoms with van der Waals surface area (Å²) in [6.07, 6.45) is 0.665. The van der Waals surface area contributed by atoms with E-state index in [1.54, 1.807) is 30.1 Å². The summed E-state index contributed by atoms with van der Waals surface area (Å²) in [5.74, 6) is -0.0300. The fraction of sp³-hybridized carbons (Fsp3) is 0.190. The van der Waals surface area contributed by atoms with Crippen LogP contribution in [0.5, 0.6) is 0 Å². The lowest BCUT2D eigenvalue weighted by Gasteiger charge is -2.21. The highest BCUT2D eigenvalue weighted by Gasteiger charge is 2.27. The molecular weight excluding hydrogens is 360 g/mol. The van der Waals surface area contributed by atoms with Gasteiger partial charge in [-0.15, -0.1) is 0 Å². The molecule has 0 saturated carbocycles. The Bertz CT molecular complexity index is 1160. The minimum Gasteiger partial charge on any atom is -0.312 e. The van der Waals surface area contributed by atoms with Gasteiger partial charge in [0, 0.05) is 26.2 Å². The van der Waals surface area contributed by atoms with E-state index in [1.165, 1.54) is 11.2 Å². The van der Waals surface area contributed by atoms with Crippen LogP contribution < -0.4 is 9.21 Å². The first kappa shape index (κ1) is 17.5. The number of hydrogen-bond donors (Lipinski definition) is 0. The lowest BCUT2D eigenvalue weighted by atomic mass is 10.1. The molecule has 1 amide bonds. The van der Waals surface area contributed by atoms with Crippen LogP contribution in [-0.4, -0.2) is 27.9 Å². The van der Waals surface area contributed by atoms with E-state index < -0.39 is 10.0 Å². The molecule has 0 unspecified atom stereocenters. The number of amides is 1. The molecule has 0 radical (unpaired) electrons. The van der Waals surface area contributed by atoms with Crippen LogP contribution in [0.2, 0.25) is 0 Å². The van der Waals surface area contributed by atoms with E-state index in [1.807, 2.05) is 42.5 Å². The van der Waals surface area contributed by atoms with E-state index in [0.29, 0.717) is 18.7 Å². The van der Waals surface area contributed by atoms with E-state index in [2.05, 4.69) is 0 Å². The molecule has 3 aromatic carbocycles. The summed E-state index contributed by atoms with van der Waals surface area (Å²) in [5, 5.41) is 2.05. The Kier molecular flexibility index (Phi) is 4.15. The molecule has 138 valence electrons. The highest BCUT2D eigenvalue weighted by atomic mass is 32.2. The number of sulfonamides is 1. The van der Waals surface area contributed by atoms with Gasteiger partial charge in [0.25, 0.3) is 10.0 Å². The Morgan fingerprint density at radius 3 is 2.48 bits per heavy atom. The van der Waals surface area contributed by atoms with Gasteiger partial charge in [-0.2, -0.15) is 0 Å². The molecule has 27 heavy (non-hydrogen) atoms. The van der Waals surface area contributed by atoms with Crippen molar-refractivity contribution in [1.82, 2.24) is 0 Å². The van der Waals surface area contributed by atoms with Crippen molar-refractivity contribution in [2.24, 2.45) is 0 Å². The average Bonchev–Trinajstić information content (AvgIpc) is 3.10. The largest absolute Gasteiger partial charge is 0.312 e. The zero-order valence-electron chi connectivity index (χ0n) is 15.2. The minimum absolute atomic E-state index is 0.0300. The van der Waals surface area contributed by atoms with Crippen LogP contribution in [-0.2, 0) is 21.2 Å². The summed E-state index contributed by atoms with van der Waals surface area (Å²) in [5.41, 5.74) is 2.30. The Morgan fingerprint density at radius 2 is 1.74 bits per heavy atom. The van der Waals surface area contributed by atoms with Crippen molar-refractivity contribution in [3.63, 3.8) is 0 Å². The molecule has 3 aromatic rings. The number of benzene rings is 3. The van der Waals surface area contributed by atoms with Crippen LogP contribution in [0.25, 0.3) is 10.8 Å². The third kappa shape index (κ3) is 2.96. The highest BCUT2D eigenvalue weighted by molar-refractivity contribution is 7.92. The summed E-state index contributed by atoms with van der Waals surface area (Å²) >= 11 is 0. The molecule has 6 heteroatoms. The van der Waals surface area contributed by atoms with Gasteiger partial charge in [-0.1, -0.05) is 30.3 Å². The third-order valence-corrected chi connectivity index (χ3v) is 6.86. The summed E-state index contributed by atoms with van der Waals surface area (Å²) in [4.78, 5) is 13.6. The fourth-order valence-corrected chi connectivity index (χ4v) is 4.77. The number of anilines is 2. The fourth-order valence-electron chi connectivity index (χ4n) is 3.54. The van der Waals surface area contributed by atoms with Crippen molar-refractivity contribution in [3.05, 3.63) is 66.2 Å². The minimum atomic E-state index is -3.69. The quantitative estimate of drug-likeness (QED) is 0.698. The Balaban J connectivity index is 1.71. The first-order chi connectivity index (χ1) is 12.9. The highest BCUT2D eigenvalue weighted by Crippen LogP contribution is 2.32. The Morgan fingerprint density at radius 1 is 1.00 bits per heavy atom. The van der Waals surface area contributed by atoms with Crippen molar-refractivity contribution in [2.45, 2.75) is 18.2 Å². The number of carbonyl (C=O) groups is 1. The predicted molar refractivity (Wildman–Crippen MR) is 108 cm³/mol. The van der Waals surface area contributed by atoms with Crippen molar-refractivity contribution in [3.8, 4) is 0 Å². The van der Waals surface area contributed by atoms with Gasteiger partial charge in [0.2, 0.25) is 5.91 Å². The van der Waals surface area contributed by atoms with Crippen LogP contribution >= 0.6 is 0 Å². The summed E-state index contributed by atoms with van der Waals surface area (Å²) in [6.45, 7) is 2.11. The second-order valence-corrected chi connectivity index (χ2v) is 8.68. The maximum absolute atomic E-state index is 13.1. The van der Waals surface area contributed by atoms with Crippen LogP contribution in [0.4, 0.5) is 11.4 Å². The molecule has 0 atom stereocenters. The Hall–Kier alpha value is -2.86. The molecule has 0 saturated heterocycles. The van der Waals surface area contributed by atoms with Crippen molar-refractivity contribution >= 4 is 38.1 Å². The number of fused-ring (bicyclic) bond motifs is 2. The maximum Gasteiger partial charge on any atom is 0.264 e. The molecule has 1 aliphatic rings. The lowest BCUT2D eigenvalue weighted by molar-refractivity contribution is -0.116. The van der Waals surface area contributed by atoms with Gasteiger partial charge < -0.3 is 4.90 Å². The van der Waals surface area contributed by atoms with Gasteiger partial charge in [-0.25, -0.2) is 8.42 Å². The molecule has 0 N–H and O–H groups in total. The van der Waals surface area contributed by atoms with Gasteiger partial charge in [0.1, 0.15) is 0 Å². The van der Waals surface area contributed by atoms with Crippen LogP contribution in [0.3, 0.4) is 0 Å². The zero-order chi connectivity index (χ0) is 19.2. The van der Waals surface area contributed by atoms with Crippen LogP contribution in [0, 0.1) is 0 Å². The molecule has 0 aliphatic carbocycles. The van der Waals surface area contributed by atoms with Gasteiger partial charge >= 0.3 is 0 Å². The maximum atomic E-state index is 13.1. The van der Waals surface area contributed by atoms with Gasteiger partial charge in [0.15, 0.2) is 0 Å². The van der Waals surface area contributed by atoms with Gasteiger partial charge in [-0.05, 0) is 53.1 Å². The third-order valence-electron chi connectivity index (χ3n) is 5.08. The molecule has 0 aromatic heterocycles. The summed E-state index contributed by atoms with van der Waals surface area (Å²) in [6, 6.07) is 18.4. The van der Waals surface area contributed by atoms with E-state index in [-0.39, 0.29) is 10.8 Å². The molecule has 0 bridgehead atoms. The molecule has 1 aliphatic heterocycles. The van der Waals surface area contributed by atoms with Gasteiger partial charge in [-0.3, -0.25) is 9.10 Å². The molecule has 0 spiro atoms. The van der Waals surface area contributed by atoms with E-state index >= 15 is 0 Å². The van der Waals surface area contributed by atoms with E-state index in [4.69, 9.17) is 0 Å². The SMILES string of the molecule is CC(=O)N1CCc2cc(S(=O)(=O)N(C)c3ccc4ccccc4c3)ccc21. The standard InChI is InChI=1S/C21H20N2O3S/c1-15(24)23-12-11-18-14-20(9-10-21(18)23)27(25,26)22(2)19-8-7-16-5-3-4-6-17(16)13-19/h3-10,13-14H,11-12H2,1-2H3. The molecule has 4 rings (SSSR count). The molecule has 5 nitrogen and oxygen atoms in total. The average molecular weight is 380 g/mol. The number of carbonyl (C=O) groups excluding carboxylic acids is 1. The van der Waals surface area contributed by atoms with Crippen LogP contribution in [0.1, 0.15) is 12.5 Å². The first-order valence-corrected chi connectivity index (χ1v) is 10.2. The van der Waals surface area contributed by atoms with E-state index in [9.17, 15) is 13.2 Å². The zero-order valence-corrected chi connectivity index (χ0v) is 16.0. The van der Waals surface area contributed by atoms with Crippen molar-refractivity contribution < 1.29 is 13.2 Å². The molecule has 1 heterocycles. The second kappa shape index (κ2) is 6.39. The second-order valence-electron chi connectivity index (χ2n) is 6.72. The lowest BCUT2D eigenvalue weighted by Crippen LogP contribution is -2.27. The number of hydrogen-bond acceptors (Lipinski definition) is 3. The topological polar surface area (TPSA) is 57.7 Å². The van der Waals surface area contributed by atoms with Gasteiger partial charge in [0.05, 0.1) is 10.6 Å². The van der Waals surface area contributed by atoms with Crippen LogP contribution in [0.15, 0.2) is 65.6 Å². The van der Waals surface area contributed by atoms with E-state index in [0.717, 1.165) is 22.0 Å². The Labute approximate surface area is 158 Å². The monoisotopic (exact) mass is 380 g/mol. The van der Waals surface area contributed by atoms with Crippen molar-refractivity contribution in [2.75, 3.05) is 22.8 Å². The smallest absolute Gasteiger partial charge is 0.264 e.